The van der Waals surface area contributed by atoms with E-state index < -0.39 is 8.32 Å². The topological polar surface area (TPSA) is 46.6 Å². The van der Waals surface area contributed by atoms with Crippen LogP contribution < -0.4 is 0 Å². The number of rotatable bonds is 5. The van der Waals surface area contributed by atoms with Crippen LogP contribution in [0.3, 0.4) is 0 Å². The second-order valence-electron chi connectivity index (χ2n) is 7.38. The SMILES string of the molecule is CC(C)(C)[Si](C)(C)OCC(c1ccccc1)N1C(=O)C=CC1=O. The molecular formula is C18H25NO3Si. The van der Waals surface area contributed by atoms with E-state index >= 15 is 0 Å². The smallest absolute Gasteiger partial charge is 0.254 e. The molecule has 1 unspecified atom stereocenters. The van der Waals surface area contributed by atoms with Crippen LogP contribution in [0, 0.1) is 0 Å². The first-order valence-electron chi connectivity index (χ1n) is 7.87. The summed E-state index contributed by atoms with van der Waals surface area (Å²) in [5.41, 5.74) is 0.914. The van der Waals surface area contributed by atoms with Gasteiger partial charge in [-0.25, -0.2) is 0 Å². The molecule has 1 aliphatic heterocycles. The average molecular weight is 331 g/mol. The molecule has 0 bridgehead atoms. The molecule has 23 heavy (non-hydrogen) atoms. The summed E-state index contributed by atoms with van der Waals surface area (Å²) >= 11 is 0. The average Bonchev–Trinajstić information content (AvgIpc) is 2.79. The van der Waals surface area contributed by atoms with Gasteiger partial charge in [0.25, 0.3) is 11.8 Å². The van der Waals surface area contributed by atoms with Crippen LogP contribution in [0.25, 0.3) is 0 Å². The third kappa shape index (κ3) is 3.79. The fourth-order valence-corrected chi connectivity index (χ4v) is 3.23. The molecule has 1 aromatic rings. The number of amides is 2. The Morgan fingerprint density at radius 2 is 1.57 bits per heavy atom. The highest BCUT2D eigenvalue weighted by Gasteiger charge is 2.39. The van der Waals surface area contributed by atoms with Gasteiger partial charge in [-0.3, -0.25) is 14.5 Å². The molecule has 0 saturated carbocycles. The lowest BCUT2D eigenvalue weighted by Gasteiger charge is -2.38. The zero-order valence-electron chi connectivity index (χ0n) is 14.5. The van der Waals surface area contributed by atoms with Crippen molar-refractivity contribution in [2.75, 3.05) is 6.61 Å². The Balaban J connectivity index is 2.26. The standard InChI is InChI=1S/C18H25NO3Si/c1-18(2,3)23(4,5)22-13-15(14-9-7-6-8-10-14)19-16(20)11-12-17(19)21/h6-12,15H,13H2,1-5H3. The maximum absolute atomic E-state index is 12.1. The fraction of sp³-hybridized carbons (Fsp3) is 0.444. The van der Waals surface area contributed by atoms with Crippen molar-refractivity contribution in [2.45, 2.75) is 44.9 Å². The van der Waals surface area contributed by atoms with Gasteiger partial charge in [0.1, 0.15) is 0 Å². The Bertz CT molecular complexity index is 599. The maximum Gasteiger partial charge on any atom is 0.254 e. The van der Waals surface area contributed by atoms with Crippen LogP contribution in [0.15, 0.2) is 42.5 Å². The van der Waals surface area contributed by atoms with Gasteiger partial charge in [-0.2, -0.15) is 0 Å². The minimum absolute atomic E-state index is 0.0749. The number of carbonyl (C=O) groups is 2. The quantitative estimate of drug-likeness (QED) is 0.611. The van der Waals surface area contributed by atoms with Crippen LogP contribution >= 0.6 is 0 Å². The van der Waals surface area contributed by atoms with Gasteiger partial charge in [0, 0.05) is 12.2 Å². The maximum atomic E-state index is 12.1. The van der Waals surface area contributed by atoms with Gasteiger partial charge in [-0.05, 0) is 23.7 Å². The highest BCUT2D eigenvalue weighted by molar-refractivity contribution is 6.74. The van der Waals surface area contributed by atoms with E-state index in [2.05, 4.69) is 33.9 Å². The van der Waals surface area contributed by atoms with Gasteiger partial charge in [0.05, 0.1) is 12.6 Å². The third-order valence-corrected chi connectivity index (χ3v) is 9.25. The van der Waals surface area contributed by atoms with Crippen LogP contribution in [0.4, 0.5) is 0 Å². The van der Waals surface area contributed by atoms with Crippen molar-refractivity contribution < 1.29 is 14.0 Å². The zero-order chi connectivity index (χ0) is 17.3. The van der Waals surface area contributed by atoms with E-state index in [9.17, 15) is 9.59 Å². The van der Waals surface area contributed by atoms with E-state index in [1.54, 1.807) is 0 Å². The lowest BCUT2D eigenvalue weighted by Crippen LogP contribution is -2.44. The van der Waals surface area contributed by atoms with E-state index in [-0.39, 0.29) is 22.9 Å². The lowest BCUT2D eigenvalue weighted by molar-refractivity contribution is -0.140. The van der Waals surface area contributed by atoms with Gasteiger partial charge in [-0.15, -0.1) is 0 Å². The van der Waals surface area contributed by atoms with Crippen molar-refractivity contribution in [3.63, 3.8) is 0 Å². The summed E-state index contributed by atoms with van der Waals surface area (Å²) in [6.07, 6.45) is 2.65. The van der Waals surface area contributed by atoms with Crippen molar-refractivity contribution in [2.24, 2.45) is 0 Å². The van der Waals surface area contributed by atoms with E-state index in [0.29, 0.717) is 6.61 Å². The normalized spacial score (nSPS) is 17.0. The summed E-state index contributed by atoms with van der Waals surface area (Å²) in [6, 6.07) is 9.21. The third-order valence-electron chi connectivity index (χ3n) is 4.75. The molecule has 1 heterocycles. The number of carbonyl (C=O) groups excluding carboxylic acids is 2. The Morgan fingerprint density at radius 1 is 1.04 bits per heavy atom. The van der Waals surface area contributed by atoms with E-state index in [4.69, 9.17) is 4.43 Å². The first-order chi connectivity index (χ1) is 10.6. The predicted octanol–water partition coefficient (Wildman–Crippen LogP) is 3.67. The molecule has 0 spiro atoms. The molecule has 0 saturated heterocycles. The van der Waals surface area contributed by atoms with E-state index in [1.165, 1.54) is 17.1 Å². The van der Waals surface area contributed by atoms with Gasteiger partial charge >= 0.3 is 0 Å². The van der Waals surface area contributed by atoms with E-state index in [0.717, 1.165) is 5.56 Å². The van der Waals surface area contributed by atoms with Crippen molar-refractivity contribution in [1.29, 1.82) is 0 Å². The molecule has 0 radical (unpaired) electrons. The molecule has 5 heteroatoms. The monoisotopic (exact) mass is 331 g/mol. The minimum atomic E-state index is -1.97. The zero-order valence-corrected chi connectivity index (χ0v) is 15.5. The second kappa shape index (κ2) is 6.41. The Hall–Kier alpha value is -1.72. The molecule has 1 aliphatic rings. The molecule has 1 aromatic carbocycles. The molecule has 0 N–H and O–H groups in total. The molecule has 2 amide bonds. The Kier molecular flexibility index (Phi) is 4.92. The van der Waals surface area contributed by atoms with Crippen LogP contribution in [-0.4, -0.2) is 31.6 Å². The number of nitrogens with zero attached hydrogens (tertiary/aromatic N) is 1. The van der Waals surface area contributed by atoms with Gasteiger partial charge < -0.3 is 4.43 Å². The summed E-state index contributed by atoms with van der Waals surface area (Å²) in [4.78, 5) is 25.5. The molecule has 0 aromatic heterocycles. The van der Waals surface area contributed by atoms with Crippen molar-refractivity contribution in [3.05, 3.63) is 48.0 Å². The molecule has 1 atom stereocenters. The van der Waals surface area contributed by atoms with E-state index in [1.807, 2.05) is 30.3 Å². The van der Waals surface area contributed by atoms with Gasteiger partial charge in [0.2, 0.25) is 0 Å². The van der Waals surface area contributed by atoms with Crippen molar-refractivity contribution >= 4 is 20.1 Å². The highest BCUT2D eigenvalue weighted by atomic mass is 28.4. The number of imide groups is 1. The number of hydrogen-bond donors (Lipinski definition) is 0. The van der Waals surface area contributed by atoms with Crippen LogP contribution in [0.1, 0.15) is 32.4 Å². The second-order valence-corrected chi connectivity index (χ2v) is 12.2. The molecule has 2 rings (SSSR count). The van der Waals surface area contributed by atoms with Crippen LogP contribution in [-0.2, 0) is 14.0 Å². The first-order valence-corrected chi connectivity index (χ1v) is 10.8. The molecule has 0 fully saturated rings. The van der Waals surface area contributed by atoms with Crippen LogP contribution in [0.5, 0.6) is 0 Å². The summed E-state index contributed by atoms with van der Waals surface area (Å²) in [5, 5.41) is 0.0749. The van der Waals surface area contributed by atoms with Crippen LogP contribution in [0.2, 0.25) is 18.1 Å². The first kappa shape index (κ1) is 17.6. The summed E-state index contributed by atoms with van der Waals surface area (Å²) in [5.74, 6) is -0.551. The summed E-state index contributed by atoms with van der Waals surface area (Å²) < 4.78 is 6.28. The summed E-state index contributed by atoms with van der Waals surface area (Å²) in [7, 11) is -1.97. The van der Waals surface area contributed by atoms with Gasteiger partial charge in [-0.1, -0.05) is 51.1 Å². The number of hydrogen-bond acceptors (Lipinski definition) is 3. The minimum Gasteiger partial charge on any atom is -0.414 e. The molecule has 124 valence electrons. The fourth-order valence-electron chi connectivity index (χ4n) is 2.22. The number of benzene rings is 1. The molecular weight excluding hydrogens is 306 g/mol. The molecule has 0 aliphatic carbocycles. The van der Waals surface area contributed by atoms with Crippen molar-refractivity contribution in [1.82, 2.24) is 4.90 Å². The lowest BCUT2D eigenvalue weighted by atomic mass is 10.1. The van der Waals surface area contributed by atoms with Gasteiger partial charge in [0.15, 0.2) is 8.32 Å². The van der Waals surface area contributed by atoms with Crippen molar-refractivity contribution in [3.8, 4) is 0 Å². The predicted molar refractivity (Wildman–Crippen MR) is 93.3 cm³/mol. The Labute approximate surface area is 139 Å². The Morgan fingerprint density at radius 3 is 2.04 bits per heavy atom. The summed E-state index contributed by atoms with van der Waals surface area (Å²) in [6.45, 7) is 11.2. The molecule has 4 nitrogen and oxygen atoms in total. The largest absolute Gasteiger partial charge is 0.414 e. The highest BCUT2D eigenvalue weighted by Crippen LogP contribution is 2.38.